The van der Waals surface area contributed by atoms with Crippen LogP contribution in [0.1, 0.15) is 15.9 Å². The average Bonchev–Trinajstić information content (AvgIpc) is 2.69. The molecule has 0 radical (unpaired) electrons. The number of hydrogen-bond acceptors (Lipinski definition) is 2. The highest BCUT2D eigenvalue weighted by Crippen LogP contribution is 2.28. The second-order valence-electron chi connectivity index (χ2n) is 4.06. The van der Waals surface area contributed by atoms with E-state index >= 15 is 0 Å². The van der Waals surface area contributed by atoms with Gasteiger partial charge in [-0.1, -0.05) is 18.2 Å². The van der Waals surface area contributed by atoms with Gasteiger partial charge in [0.15, 0.2) is 0 Å². The molecule has 0 atom stereocenters. The smallest absolute Gasteiger partial charge is 0.258 e. The van der Waals surface area contributed by atoms with Crippen LogP contribution in [0.3, 0.4) is 0 Å². The van der Waals surface area contributed by atoms with E-state index in [0.717, 1.165) is 21.7 Å². The third-order valence-corrected chi connectivity index (χ3v) is 3.28. The molecule has 1 aliphatic heterocycles. The van der Waals surface area contributed by atoms with Gasteiger partial charge in [0, 0.05) is 16.1 Å². The Balaban J connectivity index is 1.99. The van der Waals surface area contributed by atoms with Gasteiger partial charge in [-0.05, 0) is 35.9 Å². The lowest BCUT2D eigenvalue weighted by atomic mass is 10.1. The van der Waals surface area contributed by atoms with Crippen molar-refractivity contribution in [3.05, 3.63) is 59.7 Å². The Morgan fingerprint density at radius 2 is 1.71 bits per heavy atom. The van der Waals surface area contributed by atoms with Crippen LogP contribution in [0, 0.1) is 0 Å². The van der Waals surface area contributed by atoms with Crippen LogP contribution in [0.15, 0.2) is 53.4 Å². The fraction of sp³-hybridized carbons (Fsp3) is 0.0714. The first-order valence-corrected chi connectivity index (χ1v) is 5.89. The van der Waals surface area contributed by atoms with Gasteiger partial charge in [0.05, 0.1) is 6.54 Å². The monoisotopic (exact) mass is 241 g/mol. The molecule has 1 aliphatic rings. The highest BCUT2D eigenvalue weighted by molar-refractivity contribution is 7.80. The van der Waals surface area contributed by atoms with Gasteiger partial charge in [0.25, 0.3) is 5.91 Å². The van der Waals surface area contributed by atoms with Crippen LogP contribution in [0.2, 0.25) is 0 Å². The normalized spacial score (nSPS) is 13.9. The Morgan fingerprint density at radius 1 is 1.00 bits per heavy atom. The predicted molar refractivity (Wildman–Crippen MR) is 70.6 cm³/mol. The molecule has 0 fully saturated rings. The van der Waals surface area contributed by atoms with Gasteiger partial charge in [0.2, 0.25) is 0 Å². The molecule has 1 heterocycles. The van der Waals surface area contributed by atoms with E-state index in [-0.39, 0.29) is 5.91 Å². The van der Waals surface area contributed by atoms with Crippen LogP contribution in [0.25, 0.3) is 0 Å². The molecule has 2 nitrogen and oxygen atoms in total. The van der Waals surface area contributed by atoms with Crippen LogP contribution in [-0.4, -0.2) is 5.91 Å². The van der Waals surface area contributed by atoms with E-state index in [1.165, 1.54) is 0 Å². The molecule has 17 heavy (non-hydrogen) atoms. The summed E-state index contributed by atoms with van der Waals surface area (Å²) in [5.74, 6) is 0.0764. The van der Waals surface area contributed by atoms with Crippen molar-refractivity contribution in [1.82, 2.24) is 0 Å². The molecule has 84 valence electrons. The lowest BCUT2D eigenvalue weighted by Gasteiger charge is -2.15. The number of nitrogens with zero attached hydrogens (tertiary/aromatic N) is 1. The number of amides is 1. The van der Waals surface area contributed by atoms with Crippen LogP contribution >= 0.6 is 12.6 Å². The lowest BCUT2D eigenvalue weighted by Crippen LogP contribution is -2.22. The molecule has 3 rings (SSSR count). The zero-order valence-corrected chi connectivity index (χ0v) is 10.0. The summed E-state index contributed by atoms with van der Waals surface area (Å²) in [5.41, 5.74) is 2.82. The van der Waals surface area contributed by atoms with Crippen molar-refractivity contribution in [3.8, 4) is 0 Å². The standard InChI is InChI=1S/C14H11NOS/c16-14-13-4-2-1-3-10(13)9-15(14)11-5-7-12(17)8-6-11/h1-8,17H,9H2. The van der Waals surface area contributed by atoms with Crippen molar-refractivity contribution in [2.45, 2.75) is 11.4 Å². The van der Waals surface area contributed by atoms with Gasteiger partial charge in [0.1, 0.15) is 0 Å². The zero-order chi connectivity index (χ0) is 11.8. The molecule has 0 aromatic heterocycles. The molecule has 0 bridgehead atoms. The molecule has 0 spiro atoms. The van der Waals surface area contributed by atoms with Crippen LogP contribution in [0.5, 0.6) is 0 Å². The van der Waals surface area contributed by atoms with Gasteiger partial charge < -0.3 is 4.90 Å². The van der Waals surface area contributed by atoms with E-state index in [0.29, 0.717) is 6.54 Å². The number of thiol groups is 1. The lowest BCUT2D eigenvalue weighted by molar-refractivity contribution is 0.0996. The zero-order valence-electron chi connectivity index (χ0n) is 9.13. The van der Waals surface area contributed by atoms with E-state index in [2.05, 4.69) is 12.6 Å². The average molecular weight is 241 g/mol. The molecule has 0 saturated heterocycles. The maximum atomic E-state index is 12.2. The highest BCUT2D eigenvalue weighted by Gasteiger charge is 2.27. The van der Waals surface area contributed by atoms with E-state index in [4.69, 9.17) is 0 Å². The summed E-state index contributed by atoms with van der Waals surface area (Å²) < 4.78 is 0. The summed E-state index contributed by atoms with van der Waals surface area (Å²) in [7, 11) is 0. The molecule has 0 saturated carbocycles. The van der Waals surface area contributed by atoms with Crippen LogP contribution < -0.4 is 4.90 Å². The quantitative estimate of drug-likeness (QED) is 0.760. The van der Waals surface area contributed by atoms with Gasteiger partial charge in [-0.15, -0.1) is 12.6 Å². The van der Waals surface area contributed by atoms with Gasteiger partial charge >= 0.3 is 0 Å². The third-order valence-electron chi connectivity index (χ3n) is 2.98. The van der Waals surface area contributed by atoms with E-state index in [1.54, 1.807) is 4.90 Å². The Bertz CT molecular complexity index is 577. The maximum Gasteiger partial charge on any atom is 0.258 e. The number of carbonyl (C=O) groups excluding carboxylic acids is 1. The third kappa shape index (κ3) is 1.72. The van der Waals surface area contributed by atoms with Crippen LogP contribution in [0.4, 0.5) is 5.69 Å². The molecular weight excluding hydrogens is 230 g/mol. The number of fused-ring (bicyclic) bond motifs is 1. The Hall–Kier alpha value is -1.74. The highest BCUT2D eigenvalue weighted by atomic mass is 32.1. The second kappa shape index (κ2) is 3.93. The minimum atomic E-state index is 0.0764. The molecule has 3 heteroatoms. The first-order chi connectivity index (χ1) is 8.25. The van der Waals surface area contributed by atoms with Gasteiger partial charge in [-0.3, -0.25) is 4.79 Å². The number of carbonyl (C=O) groups is 1. The topological polar surface area (TPSA) is 20.3 Å². The first-order valence-electron chi connectivity index (χ1n) is 5.44. The summed E-state index contributed by atoms with van der Waals surface area (Å²) in [6.45, 7) is 0.654. The minimum Gasteiger partial charge on any atom is -0.304 e. The fourth-order valence-electron chi connectivity index (χ4n) is 2.10. The molecule has 1 amide bonds. The SMILES string of the molecule is O=C1c2ccccc2CN1c1ccc(S)cc1. The van der Waals surface area contributed by atoms with Crippen molar-refractivity contribution in [1.29, 1.82) is 0 Å². The molecule has 0 N–H and O–H groups in total. The summed E-state index contributed by atoms with van der Waals surface area (Å²) >= 11 is 4.24. The molecule has 0 unspecified atom stereocenters. The largest absolute Gasteiger partial charge is 0.304 e. The summed E-state index contributed by atoms with van der Waals surface area (Å²) in [5, 5.41) is 0. The molecule has 2 aromatic rings. The van der Waals surface area contributed by atoms with Crippen molar-refractivity contribution >= 4 is 24.2 Å². The molecule has 2 aromatic carbocycles. The molecular formula is C14H11NOS. The van der Waals surface area contributed by atoms with E-state index < -0.39 is 0 Å². The number of rotatable bonds is 1. The molecule has 0 aliphatic carbocycles. The number of hydrogen-bond donors (Lipinski definition) is 1. The summed E-state index contributed by atoms with van der Waals surface area (Å²) in [4.78, 5) is 14.9. The summed E-state index contributed by atoms with van der Waals surface area (Å²) in [6.07, 6.45) is 0. The first kappa shape index (κ1) is 10.4. The van der Waals surface area contributed by atoms with E-state index in [1.807, 2.05) is 48.5 Å². The number of benzene rings is 2. The van der Waals surface area contributed by atoms with Gasteiger partial charge in [-0.25, -0.2) is 0 Å². The Kier molecular flexibility index (Phi) is 2.41. The Morgan fingerprint density at radius 3 is 2.41 bits per heavy atom. The predicted octanol–water partition coefficient (Wildman–Crippen LogP) is 3.14. The van der Waals surface area contributed by atoms with Crippen molar-refractivity contribution in [3.63, 3.8) is 0 Å². The fourth-order valence-corrected chi connectivity index (χ4v) is 2.24. The van der Waals surface area contributed by atoms with Crippen molar-refractivity contribution < 1.29 is 4.79 Å². The van der Waals surface area contributed by atoms with Crippen molar-refractivity contribution in [2.24, 2.45) is 0 Å². The summed E-state index contributed by atoms with van der Waals surface area (Å²) in [6, 6.07) is 15.4. The Labute approximate surface area is 105 Å². The van der Waals surface area contributed by atoms with Crippen molar-refractivity contribution in [2.75, 3.05) is 4.90 Å². The van der Waals surface area contributed by atoms with E-state index in [9.17, 15) is 4.79 Å². The number of anilines is 1. The second-order valence-corrected chi connectivity index (χ2v) is 4.58. The van der Waals surface area contributed by atoms with Crippen LogP contribution in [-0.2, 0) is 6.54 Å². The van der Waals surface area contributed by atoms with Gasteiger partial charge in [-0.2, -0.15) is 0 Å². The minimum absolute atomic E-state index is 0.0764. The maximum absolute atomic E-state index is 12.2.